The van der Waals surface area contributed by atoms with Crippen LogP contribution in [0.2, 0.25) is 5.02 Å². The van der Waals surface area contributed by atoms with Crippen molar-refractivity contribution in [3.05, 3.63) is 41.1 Å². The summed E-state index contributed by atoms with van der Waals surface area (Å²) in [6.07, 6.45) is 3.29. The van der Waals surface area contributed by atoms with Crippen LogP contribution in [0.25, 0.3) is 6.08 Å². The first-order valence-corrected chi connectivity index (χ1v) is 6.16. The highest BCUT2D eigenvalue weighted by Gasteiger charge is 1.96. The Hall–Kier alpha value is -2.01. The van der Waals surface area contributed by atoms with Crippen molar-refractivity contribution in [1.29, 1.82) is 0 Å². The number of carbonyl (C=O) groups excluding carboxylic acids is 2. The van der Waals surface area contributed by atoms with E-state index in [1.165, 1.54) is 13.1 Å². The molecule has 0 radical (unpaired) electrons. The van der Waals surface area contributed by atoms with Crippen molar-refractivity contribution in [2.45, 2.75) is 6.92 Å². The molecule has 0 saturated heterocycles. The van der Waals surface area contributed by atoms with Crippen molar-refractivity contribution in [3.8, 4) is 0 Å². The third-order valence-corrected chi connectivity index (χ3v) is 2.40. The van der Waals surface area contributed by atoms with Crippen molar-refractivity contribution < 1.29 is 9.59 Å². The van der Waals surface area contributed by atoms with Crippen LogP contribution in [0.5, 0.6) is 0 Å². The van der Waals surface area contributed by atoms with E-state index in [4.69, 9.17) is 11.6 Å². The summed E-state index contributed by atoms with van der Waals surface area (Å²) in [6, 6.07) is 6.91. The quantitative estimate of drug-likeness (QED) is 0.720. The van der Waals surface area contributed by atoms with Gasteiger partial charge in [-0.1, -0.05) is 23.7 Å². The Kier molecular flexibility index (Phi) is 6.46. The molecule has 0 atom stereocenters. The molecule has 19 heavy (non-hydrogen) atoms. The van der Waals surface area contributed by atoms with Crippen LogP contribution in [0, 0.1) is 0 Å². The molecule has 3 amide bonds. The van der Waals surface area contributed by atoms with Gasteiger partial charge in [-0.15, -0.1) is 0 Å². The third-order valence-electron chi connectivity index (χ3n) is 2.14. The van der Waals surface area contributed by atoms with E-state index in [-0.39, 0.29) is 11.9 Å². The molecular formula is C13H16ClN3O2. The number of benzene rings is 1. The molecule has 102 valence electrons. The zero-order valence-corrected chi connectivity index (χ0v) is 11.3. The molecule has 0 heterocycles. The molecule has 6 heteroatoms. The minimum atomic E-state index is -0.324. The summed E-state index contributed by atoms with van der Waals surface area (Å²) < 4.78 is 0. The van der Waals surface area contributed by atoms with Gasteiger partial charge in [-0.05, 0) is 23.8 Å². The smallest absolute Gasteiger partial charge is 0.318 e. The third kappa shape index (κ3) is 7.10. The summed E-state index contributed by atoms with van der Waals surface area (Å²) in [7, 11) is 0. The van der Waals surface area contributed by atoms with Crippen LogP contribution < -0.4 is 16.0 Å². The average molecular weight is 282 g/mol. The van der Waals surface area contributed by atoms with Crippen molar-refractivity contribution in [1.82, 2.24) is 16.0 Å². The molecular weight excluding hydrogens is 266 g/mol. The first-order valence-electron chi connectivity index (χ1n) is 5.79. The largest absolute Gasteiger partial charge is 0.355 e. The summed E-state index contributed by atoms with van der Waals surface area (Å²) in [4.78, 5) is 21.9. The molecule has 3 N–H and O–H groups in total. The topological polar surface area (TPSA) is 70.2 Å². The number of nitrogens with one attached hydrogen (secondary N) is 3. The Bertz CT molecular complexity index is 457. The number of urea groups is 1. The van der Waals surface area contributed by atoms with Crippen molar-refractivity contribution in [2.24, 2.45) is 0 Å². The molecule has 0 aliphatic heterocycles. The number of hydrogen-bond acceptors (Lipinski definition) is 2. The molecule has 0 saturated carbocycles. The number of halogens is 1. The van der Waals surface area contributed by atoms with Gasteiger partial charge in [-0.2, -0.15) is 0 Å². The maximum Gasteiger partial charge on any atom is 0.318 e. The zero-order valence-electron chi connectivity index (χ0n) is 10.6. The lowest BCUT2D eigenvalue weighted by atomic mass is 10.2. The number of rotatable bonds is 5. The second-order valence-electron chi connectivity index (χ2n) is 3.77. The lowest BCUT2D eigenvalue weighted by Crippen LogP contribution is -2.37. The average Bonchev–Trinajstić information content (AvgIpc) is 2.37. The Labute approximate surface area is 117 Å². The lowest BCUT2D eigenvalue weighted by molar-refractivity contribution is -0.118. The van der Waals surface area contributed by atoms with Gasteiger partial charge in [0.05, 0.1) is 0 Å². The lowest BCUT2D eigenvalue weighted by Gasteiger charge is -2.04. The number of carbonyl (C=O) groups is 2. The van der Waals surface area contributed by atoms with E-state index in [0.717, 1.165) is 5.56 Å². The van der Waals surface area contributed by atoms with Crippen molar-refractivity contribution >= 4 is 29.6 Å². The van der Waals surface area contributed by atoms with Gasteiger partial charge >= 0.3 is 6.03 Å². The van der Waals surface area contributed by atoms with Crippen LogP contribution >= 0.6 is 11.6 Å². The molecule has 1 aromatic rings. The summed E-state index contributed by atoms with van der Waals surface area (Å²) >= 11 is 5.76. The van der Waals surface area contributed by atoms with Gasteiger partial charge in [0, 0.05) is 31.2 Å². The van der Waals surface area contributed by atoms with Crippen molar-refractivity contribution in [2.75, 3.05) is 13.1 Å². The van der Waals surface area contributed by atoms with Crippen LogP contribution in [-0.2, 0) is 4.79 Å². The monoisotopic (exact) mass is 281 g/mol. The van der Waals surface area contributed by atoms with E-state index in [2.05, 4.69) is 16.0 Å². The van der Waals surface area contributed by atoms with Gasteiger partial charge in [0.25, 0.3) is 0 Å². The Morgan fingerprint density at radius 1 is 1.16 bits per heavy atom. The van der Waals surface area contributed by atoms with Crippen LogP contribution in [0.3, 0.4) is 0 Å². The Balaban J connectivity index is 2.22. The van der Waals surface area contributed by atoms with Gasteiger partial charge in [-0.25, -0.2) is 4.79 Å². The SMILES string of the molecule is CC(=O)NCCNC(=O)N/C=C/c1ccc(Cl)cc1. The minimum absolute atomic E-state index is 0.121. The molecule has 0 aliphatic rings. The maximum absolute atomic E-state index is 11.3. The molecule has 0 aromatic heterocycles. The minimum Gasteiger partial charge on any atom is -0.355 e. The Morgan fingerprint density at radius 3 is 2.42 bits per heavy atom. The highest BCUT2D eigenvalue weighted by atomic mass is 35.5. The molecule has 0 spiro atoms. The Morgan fingerprint density at radius 2 is 1.79 bits per heavy atom. The molecule has 0 unspecified atom stereocenters. The summed E-state index contributed by atoms with van der Waals surface area (Å²) in [5, 5.41) is 8.40. The first-order chi connectivity index (χ1) is 9.08. The fraction of sp³-hybridized carbons (Fsp3) is 0.231. The standard InChI is InChI=1S/C13H16ClN3O2/c1-10(18)15-8-9-17-13(19)16-7-6-11-2-4-12(14)5-3-11/h2-7H,8-9H2,1H3,(H,15,18)(H2,16,17,19)/b7-6+. The van der Waals surface area contributed by atoms with Gasteiger partial charge < -0.3 is 16.0 Å². The van der Waals surface area contributed by atoms with E-state index in [1.54, 1.807) is 18.2 Å². The fourth-order valence-corrected chi connectivity index (χ4v) is 1.38. The van der Waals surface area contributed by atoms with E-state index >= 15 is 0 Å². The maximum atomic E-state index is 11.3. The zero-order chi connectivity index (χ0) is 14.1. The first kappa shape index (κ1) is 15.0. The number of amides is 3. The molecule has 1 aromatic carbocycles. The van der Waals surface area contributed by atoms with Gasteiger partial charge in [0.2, 0.25) is 5.91 Å². The van der Waals surface area contributed by atoms with Gasteiger partial charge in [-0.3, -0.25) is 4.79 Å². The second kappa shape index (κ2) is 8.16. The van der Waals surface area contributed by atoms with E-state index in [1.807, 2.05) is 12.1 Å². The summed E-state index contributed by atoms with van der Waals surface area (Å²) in [5.74, 6) is -0.121. The molecule has 1 rings (SSSR count). The summed E-state index contributed by atoms with van der Waals surface area (Å²) in [5.41, 5.74) is 0.933. The van der Waals surface area contributed by atoms with Gasteiger partial charge in [0.1, 0.15) is 0 Å². The highest BCUT2D eigenvalue weighted by molar-refractivity contribution is 6.30. The van der Waals surface area contributed by atoms with Gasteiger partial charge in [0.15, 0.2) is 0 Å². The molecule has 5 nitrogen and oxygen atoms in total. The van der Waals surface area contributed by atoms with Crippen LogP contribution in [0.15, 0.2) is 30.5 Å². The molecule has 0 bridgehead atoms. The predicted molar refractivity (Wildman–Crippen MR) is 75.7 cm³/mol. The van der Waals surface area contributed by atoms with E-state index in [9.17, 15) is 9.59 Å². The normalized spacial score (nSPS) is 10.2. The van der Waals surface area contributed by atoms with E-state index in [0.29, 0.717) is 18.1 Å². The van der Waals surface area contributed by atoms with Crippen molar-refractivity contribution in [3.63, 3.8) is 0 Å². The van der Waals surface area contributed by atoms with Crippen LogP contribution in [-0.4, -0.2) is 25.0 Å². The number of hydrogen-bond donors (Lipinski definition) is 3. The fourth-order valence-electron chi connectivity index (χ4n) is 1.25. The van der Waals surface area contributed by atoms with Crippen LogP contribution in [0.4, 0.5) is 4.79 Å². The van der Waals surface area contributed by atoms with Crippen LogP contribution in [0.1, 0.15) is 12.5 Å². The molecule has 0 aliphatic carbocycles. The summed E-state index contributed by atoms with van der Waals surface area (Å²) in [6.45, 7) is 2.21. The second-order valence-corrected chi connectivity index (χ2v) is 4.20. The highest BCUT2D eigenvalue weighted by Crippen LogP contribution is 2.10. The predicted octanol–water partition coefficient (Wildman–Crippen LogP) is 1.75. The van der Waals surface area contributed by atoms with E-state index < -0.39 is 0 Å². The molecule has 0 fully saturated rings.